The molecular weight excluding hydrogens is 232 g/mol. The Kier molecular flexibility index (Phi) is 4.68. The van der Waals surface area contributed by atoms with Gasteiger partial charge in [0.15, 0.2) is 6.29 Å². The van der Waals surface area contributed by atoms with Gasteiger partial charge >= 0.3 is 0 Å². The third-order valence-corrected chi connectivity index (χ3v) is 2.34. The molecule has 3 N–H and O–H groups in total. The van der Waals surface area contributed by atoms with Crippen LogP contribution in [0, 0.1) is 11.6 Å². The number of rotatable bonds is 5. The van der Waals surface area contributed by atoms with Crippen molar-refractivity contribution in [1.29, 1.82) is 0 Å². The Morgan fingerprint density at radius 2 is 1.88 bits per heavy atom. The molecule has 0 saturated carbocycles. The highest BCUT2D eigenvalue weighted by Gasteiger charge is 2.21. The normalized spacial score (nSPS) is 14.4. The van der Waals surface area contributed by atoms with Crippen LogP contribution in [-0.4, -0.2) is 36.2 Å². The number of aldehydes is 1. The van der Waals surface area contributed by atoms with E-state index in [9.17, 15) is 23.8 Å². The Hall–Kier alpha value is -1.37. The summed E-state index contributed by atoms with van der Waals surface area (Å²) in [6.45, 7) is 0.0693. The first-order chi connectivity index (χ1) is 8.01. The summed E-state index contributed by atoms with van der Waals surface area (Å²) in [5.74, 6) is -2.13. The van der Waals surface area contributed by atoms with Gasteiger partial charge in [0.1, 0.15) is 17.7 Å². The predicted octanol–water partition coefficient (Wildman–Crippen LogP) is 0.391. The fourth-order valence-electron chi connectivity index (χ4n) is 1.43. The molecular formula is C11H13F2NO3. The number of benzene rings is 1. The lowest BCUT2D eigenvalue weighted by molar-refractivity contribution is 0.0199. The van der Waals surface area contributed by atoms with E-state index < -0.39 is 29.4 Å². The zero-order valence-corrected chi connectivity index (χ0v) is 9.15. The largest absolute Gasteiger partial charge is 0.389 e. The highest BCUT2D eigenvalue weighted by atomic mass is 19.1. The lowest BCUT2D eigenvalue weighted by Gasteiger charge is -2.18. The van der Waals surface area contributed by atoms with E-state index in [1.165, 1.54) is 0 Å². The number of hydrogen-bond donors (Lipinski definition) is 3. The predicted molar refractivity (Wildman–Crippen MR) is 56.6 cm³/mol. The quantitative estimate of drug-likeness (QED) is 0.656. The summed E-state index contributed by atoms with van der Waals surface area (Å²) in [5.41, 5.74) is -0.808. The summed E-state index contributed by atoms with van der Waals surface area (Å²) in [5, 5.41) is 21.7. The molecule has 0 heterocycles. The lowest BCUT2D eigenvalue weighted by Crippen LogP contribution is -2.29. The van der Waals surface area contributed by atoms with Crippen LogP contribution in [0.5, 0.6) is 0 Å². The fraction of sp³-hybridized carbons (Fsp3) is 0.364. The molecule has 0 aliphatic carbocycles. The van der Waals surface area contributed by atoms with E-state index >= 15 is 0 Å². The number of aliphatic hydroxyl groups is 2. The molecule has 1 rings (SSSR count). The molecule has 0 aliphatic rings. The van der Waals surface area contributed by atoms with Crippen molar-refractivity contribution in [2.45, 2.75) is 12.2 Å². The molecule has 1 aromatic carbocycles. The second-order valence-corrected chi connectivity index (χ2v) is 3.59. The van der Waals surface area contributed by atoms with Crippen LogP contribution in [0.25, 0.3) is 0 Å². The van der Waals surface area contributed by atoms with Gasteiger partial charge in [-0.15, -0.1) is 0 Å². The van der Waals surface area contributed by atoms with Gasteiger partial charge in [-0.05, 0) is 24.7 Å². The number of halogens is 2. The molecule has 94 valence electrons. The van der Waals surface area contributed by atoms with Gasteiger partial charge in [-0.2, -0.15) is 0 Å². The third-order valence-electron chi connectivity index (χ3n) is 2.34. The molecule has 0 aliphatic heterocycles. The molecule has 0 saturated heterocycles. The number of carbonyl (C=O) groups is 1. The van der Waals surface area contributed by atoms with Crippen LogP contribution in [0.1, 0.15) is 22.0 Å². The average Bonchev–Trinajstić information content (AvgIpc) is 2.27. The molecule has 2 unspecified atom stereocenters. The third kappa shape index (κ3) is 3.06. The SMILES string of the molecule is CNCC(O)C(O)c1cc(F)c(C=O)c(F)c1. The maximum Gasteiger partial charge on any atom is 0.155 e. The molecule has 17 heavy (non-hydrogen) atoms. The van der Waals surface area contributed by atoms with E-state index in [4.69, 9.17) is 0 Å². The number of nitrogens with one attached hydrogen (secondary N) is 1. The van der Waals surface area contributed by atoms with E-state index in [-0.39, 0.29) is 18.4 Å². The number of likely N-dealkylation sites (N-methyl/N-ethyl adjacent to an activating group) is 1. The van der Waals surface area contributed by atoms with Gasteiger partial charge in [-0.25, -0.2) is 8.78 Å². The van der Waals surface area contributed by atoms with Crippen molar-refractivity contribution in [1.82, 2.24) is 5.32 Å². The van der Waals surface area contributed by atoms with Crippen LogP contribution in [0.15, 0.2) is 12.1 Å². The van der Waals surface area contributed by atoms with Crippen molar-refractivity contribution >= 4 is 6.29 Å². The van der Waals surface area contributed by atoms with Crippen LogP contribution < -0.4 is 5.32 Å². The summed E-state index contributed by atoms with van der Waals surface area (Å²) >= 11 is 0. The number of aliphatic hydroxyl groups excluding tert-OH is 2. The summed E-state index contributed by atoms with van der Waals surface area (Å²) in [7, 11) is 1.56. The maximum absolute atomic E-state index is 13.2. The summed E-state index contributed by atoms with van der Waals surface area (Å²) in [6.07, 6.45) is -2.56. The van der Waals surface area contributed by atoms with Gasteiger partial charge in [-0.1, -0.05) is 0 Å². The zero-order chi connectivity index (χ0) is 13.0. The Morgan fingerprint density at radius 1 is 1.35 bits per heavy atom. The summed E-state index contributed by atoms with van der Waals surface area (Å²) in [6, 6.07) is 1.66. The van der Waals surface area contributed by atoms with Crippen LogP contribution in [0.3, 0.4) is 0 Å². The van der Waals surface area contributed by atoms with Gasteiger partial charge in [0.2, 0.25) is 0 Å². The number of carbonyl (C=O) groups excluding carboxylic acids is 1. The number of hydrogen-bond acceptors (Lipinski definition) is 4. The van der Waals surface area contributed by atoms with Crippen LogP contribution in [0.2, 0.25) is 0 Å². The average molecular weight is 245 g/mol. The topological polar surface area (TPSA) is 69.6 Å². The minimum Gasteiger partial charge on any atom is -0.389 e. The van der Waals surface area contributed by atoms with E-state index in [0.29, 0.717) is 0 Å². The van der Waals surface area contributed by atoms with E-state index in [2.05, 4.69) is 5.32 Å². The zero-order valence-electron chi connectivity index (χ0n) is 9.15. The minimum absolute atomic E-state index is 0.0604. The van der Waals surface area contributed by atoms with Gasteiger partial charge in [0, 0.05) is 6.54 Å². The van der Waals surface area contributed by atoms with Crippen molar-refractivity contribution < 1.29 is 23.8 Å². The summed E-state index contributed by atoms with van der Waals surface area (Å²) < 4.78 is 26.5. The summed E-state index contributed by atoms with van der Waals surface area (Å²) in [4.78, 5) is 10.4. The molecule has 4 nitrogen and oxygen atoms in total. The molecule has 0 amide bonds. The first-order valence-corrected chi connectivity index (χ1v) is 4.96. The molecule has 0 spiro atoms. The Balaban J connectivity index is 3.03. The van der Waals surface area contributed by atoms with Crippen LogP contribution in [0.4, 0.5) is 8.78 Å². The Bertz CT molecular complexity index is 389. The van der Waals surface area contributed by atoms with Crippen molar-refractivity contribution in [2.24, 2.45) is 0 Å². The molecule has 0 radical (unpaired) electrons. The first kappa shape index (κ1) is 13.7. The highest BCUT2D eigenvalue weighted by Crippen LogP contribution is 2.21. The monoisotopic (exact) mass is 245 g/mol. The molecule has 1 aromatic rings. The van der Waals surface area contributed by atoms with E-state index in [0.717, 1.165) is 12.1 Å². The molecule has 6 heteroatoms. The first-order valence-electron chi connectivity index (χ1n) is 4.96. The standard InChI is InChI=1S/C11H13F2NO3/c1-14-4-10(16)11(17)6-2-8(12)7(5-15)9(13)3-6/h2-3,5,10-11,14,16-17H,4H2,1H3. The molecule has 0 bridgehead atoms. The smallest absolute Gasteiger partial charge is 0.155 e. The highest BCUT2D eigenvalue weighted by molar-refractivity contribution is 5.75. The second-order valence-electron chi connectivity index (χ2n) is 3.59. The second kappa shape index (κ2) is 5.81. The Morgan fingerprint density at radius 3 is 2.29 bits per heavy atom. The van der Waals surface area contributed by atoms with Gasteiger partial charge in [0.05, 0.1) is 11.7 Å². The van der Waals surface area contributed by atoms with Gasteiger partial charge in [0.25, 0.3) is 0 Å². The lowest BCUT2D eigenvalue weighted by atomic mass is 10.0. The van der Waals surface area contributed by atoms with Crippen LogP contribution in [-0.2, 0) is 0 Å². The molecule has 0 fully saturated rings. The molecule has 0 aromatic heterocycles. The van der Waals surface area contributed by atoms with Gasteiger partial charge in [-0.3, -0.25) is 4.79 Å². The Labute approximate surface area is 96.9 Å². The molecule has 2 atom stereocenters. The van der Waals surface area contributed by atoms with Crippen molar-refractivity contribution in [3.05, 3.63) is 34.9 Å². The maximum atomic E-state index is 13.2. The van der Waals surface area contributed by atoms with E-state index in [1.807, 2.05) is 0 Å². The fourth-order valence-corrected chi connectivity index (χ4v) is 1.43. The van der Waals surface area contributed by atoms with E-state index in [1.54, 1.807) is 7.05 Å². The van der Waals surface area contributed by atoms with Crippen molar-refractivity contribution in [3.8, 4) is 0 Å². The van der Waals surface area contributed by atoms with Crippen LogP contribution >= 0.6 is 0 Å². The van der Waals surface area contributed by atoms with Crippen molar-refractivity contribution in [2.75, 3.05) is 13.6 Å². The minimum atomic E-state index is -1.42. The van der Waals surface area contributed by atoms with Crippen molar-refractivity contribution in [3.63, 3.8) is 0 Å². The van der Waals surface area contributed by atoms with Gasteiger partial charge < -0.3 is 15.5 Å².